The molecular formula is C35H31BrN2O2. The summed E-state index contributed by atoms with van der Waals surface area (Å²) < 4.78 is 3.35. The normalized spacial score (nSPS) is 18.0. The Kier molecular flexibility index (Phi) is 6.55. The van der Waals surface area contributed by atoms with E-state index in [1.165, 1.54) is 11.1 Å². The lowest BCUT2D eigenvalue weighted by molar-refractivity contribution is -0.117. The molecule has 0 saturated carbocycles. The third-order valence-corrected chi connectivity index (χ3v) is 9.47. The van der Waals surface area contributed by atoms with Gasteiger partial charge < -0.3 is 9.47 Å². The fraction of sp³-hybridized carbons (Fsp3) is 0.257. The summed E-state index contributed by atoms with van der Waals surface area (Å²) in [7, 11) is 0. The highest BCUT2D eigenvalue weighted by Crippen LogP contribution is 2.51. The number of allylic oxidation sites excluding steroid dienone is 4. The van der Waals surface area contributed by atoms with Gasteiger partial charge in [0.1, 0.15) is 0 Å². The van der Waals surface area contributed by atoms with Crippen molar-refractivity contribution in [3.8, 4) is 0 Å². The van der Waals surface area contributed by atoms with Gasteiger partial charge in [0, 0.05) is 76.0 Å². The smallest absolute Gasteiger partial charge is 0.161 e. The zero-order valence-corrected chi connectivity index (χ0v) is 24.0. The average Bonchev–Trinajstić information content (AvgIpc) is 3.33. The van der Waals surface area contributed by atoms with E-state index in [-0.39, 0.29) is 17.5 Å². The van der Waals surface area contributed by atoms with E-state index >= 15 is 0 Å². The van der Waals surface area contributed by atoms with Crippen molar-refractivity contribution in [1.29, 1.82) is 0 Å². The lowest BCUT2D eigenvalue weighted by Crippen LogP contribution is -2.38. The number of fused-ring (bicyclic) bond motifs is 1. The Bertz CT molecular complexity index is 1670. The largest absolute Gasteiger partial charge is 0.343 e. The van der Waals surface area contributed by atoms with Gasteiger partial charge in [0.15, 0.2) is 11.6 Å². The summed E-state index contributed by atoms with van der Waals surface area (Å²) in [6.45, 7) is 1.39. The van der Waals surface area contributed by atoms with Crippen LogP contribution >= 0.6 is 15.9 Å². The third-order valence-electron chi connectivity index (χ3n) is 8.70. The number of rotatable bonds is 5. The summed E-state index contributed by atoms with van der Waals surface area (Å²) in [5, 5.41) is 1.12. The van der Waals surface area contributed by atoms with Crippen LogP contribution in [0.4, 0.5) is 0 Å². The predicted octanol–water partition coefficient (Wildman–Crippen LogP) is 8.07. The maximum absolute atomic E-state index is 13.8. The Morgan fingerprint density at radius 2 is 1.32 bits per heavy atom. The van der Waals surface area contributed by atoms with Crippen LogP contribution in [-0.2, 0) is 22.7 Å². The van der Waals surface area contributed by atoms with Gasteiger partial charge in [-0.15, -0.1) is 0 Å². The van der Waals surface area contributed by atoms with Crippen molar-refractivity contribution in [2.75, 3.05) is 0 Å². The molecule has 3 aliphatic rings. The number of benzene rings is 3. The topological polar surface area (TPSA) is 42.3 Å². The summed E-state index contributed by atoms with van der Waals surface area (Å²) in [4.78, 5) is 30.0. The van der Waals surface area contributed by atoms with E-state index in [4.69, 9.17) is 0 Å². The van der Waals surface area contributed by atoms with Crippen molar-refractivity contribution in [3.63, 3.8) is 0 Å². The first-order valence-corrected chi connectivity index (χ1v) is 15.0. The lowest BCUT2D eigenvalue weighted by atomic mass is 9.71. The predicted molar refractivity (Wildman–Crippen MR) is 162 cm³/mol. The molecule has 2 aliphatic carbocycles. The minimum absolute atomic E-state index is 0.192. The number of nitrogens with zero attached hydrogens (tertiary/aromatic N) is 2. The van der Waals surface area contributed by atoms with E-state index in [2.05, 4.69) is 98.3 Å². The van der Waals surface area contributed by atoms with Gasteiger partial charge >= 0.3 is 0 Å². The quantitative estimate of drug-likeness (QED) is 0.236. The highest BCUT2D eigenvalue weighted by molar-refractivity contribution is 9.10. The molecule has 0 fully saturated rings. The van der Waals surface area contributed by atoms with Crippen molar-refractivity contribution >= 4 is 38.4 Å². The molecule has 200 valence electrons. The minimum atomic E-state index is -0.317. The van der Waals surface area contributed by atoms with E-state index in [0.29, 0.717) is 25.9 Å². The highest BCUT2D eigenvalue weighted by Gasteiger charge is 2.44. The van der Waals surface area contributed by atoms with Gasteiger partial charge in [-0.3, -0.25) is 9.59 Å². The molecule has 3 aromatic carbocycles. The minimum Gasteiger partial charge on any atom is -0.343 e. The number of ketones is 2. The Balaban J connectivity index is 1.43. The SMILES string of the molecule is O=C1CCCC2=C1C(c1cn(Cc3ccccc3Br)c3ccccc13)C1=C(CCCC1=O)N2Cc1ccccc1. The van der Waals surface area contributed by atoms with Gasteiger partial charge in [0.2, 0.25) is 0 Å². The van der Waals surface area contributed by atoms with Crippen LogP contribution in [-0.4, -0.2) is 21.0 Å². The number of carbonyl (C=O) groups is 2. The molecule has 0 N–H and O–H groups in total. The Labute approximate surface area is 243 Å². The molecular weight excluding hydrogens is 560 g/mol. The molecule has 0 saturated heterocycles. The van der Waals surface area contributed by atoms with E-state index in [1.807, 2.05) is 12.1 Å². The molecule has 0 atom stereocenters. The monoisotopic (exact) mass is 590 g/mol. The fourth-order valence-corrected chi connectivity index (χ4v) is 7.34. The molecule has 2 heterocycles. The number of carbonyl (C=O) groups excluding carboxylic acids is 2. The Hall–Kier alpha value is -3.70. The van der Waals surface area contributed by atoms with Crippen molar-refractivity contribution in [2.24, 2.45) is 0 Å². The molecule has 1 aromatic heterocycles. The van der Waals surface area contributed by atoms with Crippen LogP contribution in [0.5, 0.6) is 0 Å². The summed E-state index contributed by atoms with van der Waals surface area (Å²) in [5.41, 5.74) is 8.53. The van der Waals surface area contributed by atoms with Gasteiger partial charge in [-0.05, 0) is 54.5 Å². The third kappa shape index (κ3) is 4.28. The first-order valence-electron chi connectivity index (χ1n) is 14.3. The summed E-state index contributed by atoms with van der Waals surface area (Å²) in [5.74, 6) is 0.0664. The second kappa shape index (κ2) is 10.4. The van der Waals surface area contributed by atoms with Crippen LogP contribution in [0.1, 0.15) is 61.1 Å². The number of Topliss-reactive ketones (excluding diaryl/α,β-unsaturated/α-hetero) is 2. The van der Waals surface area contributed by atoms with Gasteiger partial charge in [-0.25, -0.2) is 0 Å². The van der Waals surface area contributed by atoms with Gasteiger partial charge in [-0.2, -0.15) is 0 Å². The van der Waals surface area contributed by atoms with E-state index in [0.717, 1.165) is 69.2 Å². The van der Waals surface area contributed by atoms with Crippen molar-refractivity contribution in [1.82, 2.24) is 9.47 Å². The summed E-state index contributed by atoms with van der Waals surface area (Å²) in [6, 6.07) is 27.2. The second-order valence-corrected chi connectivity index (χ2v) is 12.0. The first kappa shape index (κ1) is 25.3. The maximum atomic E-state index is 13.8. The molecule has 7 rings (SSSR count). The number of halogens is 1. The molecule has 4 nitrogen and oxygen atoms in total. The zero-order valence-electron chi connectivity index (χ0n) is 22.4. The van der Waals surface area contributed by atoms with Crippen LogP contribution < -0.4 is 0 Å². The number of hydrogen-bond acceptors (Lipinski definition) is 3. The number of hydrogen-bond donors (Lipinski definition) is 0. The van der Waals surface area contributed by atoms with Crippen molar-refractivity contribution in [3.05, 3.63) is 129 Å². The second-order valence-electron chi connectivity index (χ2n) is 11.1. The number of aromatic nitrogens is 1. The molecule has 1 aliphatic heterocycles. The van der Waals surface area contributed by atoms with Crippen LogP contribution in [0.3, 0.4) is 0 Å². The molecule has 4 aromatic rings. The van der Waals surface area contributed by atoms with Gasteiger partial charge in [0.25, 0.3) is 0 Å². The standard InChI is InChI=1S/C35H31BrN2O2/c36-27-14-6-4-12-24(27)21-37-22-26(25-13-5-7-15-28(25)37)33-34-29(16-8-18-31(34)39)38(20-23-10-2-1-3-11-23)30-17-9-19-32(40)35(30)33/h1-7,10-15,22,33H,8-9,16-21H2. The number of para-hydroxylation sites is 1. The molecule has 0 bridgehead atoms. The molecule has 0 amide bonds. The van der Waals surface area contributed by atoms with Crippen LogP contribution in [0.25, 0.3) is 10.9 Å². The Morgan fingerprint density at radius 3 is 2.02 bits per heavy atom. The lowest BCUT2D eigenvalue weighted by Gasteiger charge is -2.44. The fourth-order valence-electron chi connectivity index (χ4n) is 6.93. The van der Waals surface area contributed by atoms with Crippen LogP contribution in [0, 0.1) is 0 Å². The van der Waals surface area contributed by atoms with E-state index < -0.39 is 0 Å². The molecule has 0 unspecified atom stereocenters. The van der Waals surface area contributed by atoms with Gasteiger partial charge in [0.05, 0.1) is 0 Å². The molecule has 0 radical (unpaired) electrons. The summed E-state index contributed by atoms with van der Waals surface area (Å²) >= 11 is 3.72. The van der Waals surface area contributed by atoms with Crippen molar-refractivity contribution in [2.45, 2.75) is 57.5 Å². The zero-order chi connectivity index (χ0) is 27.2. The highest BCUT2D eigenvalue weighted by atomic mass is 79.9. The van der Waals surface area contributed by atoms with E-state index in [1.54, 1.807) is 0 Å². The van der Waals surface area contributed by atoms with Crippen LogP contribution in [0.2, 0.25) is 0 Å². The molecule has 0 spiro atoms. The van der Waals surface area contributed by atoms with Crippen molar-refractivity contribution < 1.29 is 9.59 Å². The average molecular weight is 592 g/mol. The molecule has 5 heteroatoms. The van der Waals surface area contributed by atoms with E-state index in [9.17, 15) is 9.59 Å². The summed E-state index contributed by atoms with van der Waals surface area (Å²) in [6.07, 6.45) is 6.74. The van der Waals surface area contributed by atoms with Gasteiger partial charge in [-0.1, -0.05) is 82.7 Å². The molecule has 40 heavy (non-hydrogen) atoms. The maximum Gasteiger partial charge on any atom is 0.161 e. The van der Waals surface area contributed by atoms with Crippen LogP contribution in [0.15, 0.2) is 112 Å². The first-order chi connectivity index (χ1) is 19.6. The Morgan fingerprint density at radius 1 is 0.700 bits per heavy atom.